The van der Waals surface area contributed by atoms with Crippen LogP contribution in [0.15, 0.2) is 48.5 Å². The molecule has 2 N–H and O–H groups in total. The van der Waals surface area contributed by atoms with Gasteiger partial charge in [0.1, 0.15) is 11.6 Å². The topological polar surface area (TPSA) is 36.8 Å². The van der Waals surface area contributed by atoms with E-state index < -0.39 is 0 Å². The Bertz CT molecular complexity index is 710. The first-order chi connectivity index (χ1) is 12.0. The van der Waals surface area contributed by atoms with Crippen LogP contribution < -0.4 is 15.1 Å². The molecule has 1 atom stereocenters. The lowest BCUT2D eigenvalue weighted by Crippen LogP contribution is -3.19. The Hall–Kier alpha value is -2.47. The van der Waals surface area contributed by atoms with Crippen LogP contribution in [0.2, 0.25) is 0 Å². The molecule has 1 amide bonds. The number of hydrogen-bond acceptors (Lipinski definition) is 2. The molecule has 1 heterocycles. The standard InChI is InChI=1S/C19H21F2N3O/c1-14(19(25)22-17-6-2-15(20)3-7-17)23-10-12-24(13-11-23)18-8-4-16(21)5-9-18/h2-9,14H,10-13H2,1H3,(H,22,25)/p+1/t14-/m1/s1. The van der Waals surface area contributed by atoms with E-state index in [1.54, 1.807) is 24.3 Å². The summed E-state index contributed by atoms with van der Waals surface area (Å²) in [5.41, 5.74) is 1.60. The fourth-order valence-electron chi connectivity index (χ4n) is 3.11. The van der Waals surface area contributed by atoms with Gasteiger partial charge < -0.3 is 15.1 Å². The van der Waals surface area contributed by atoms with Gasteiger partial charge in [-0.1, -0.05) is 0 Å². The first-order valence-electron chi connectivity index (χ1n) is 8.44. The fraction of sp³-hybridized carbons (Fsp3) is 0.316. The minimum atomic E-state index is -0.325. The highest BCUT2D eigenvalue weighted by molar-refractivity contribution is 5.93. The van der Waals surface area contributed by atoms with Crippen molar-refractivity contribution in [2.45, 2.75) is 13.0 Å². The molecule has 0 unspecified atom stereocenters. The zero-order valence-corrected chi connectivity index (χ0v) is 14.1. The Morgan fingerprint density at radius 1 is 1.00 bits per heavy atom. The lowest BCUT2D eigenvalue weighted by Gasteiger charge is -2.36. The molecule has 1 fully saturated rings. The van der Waals surface area contributed by atoms with Gasteiger partial charge in [0.2, 0.25) is 0 Å². The molecule has 132 valence electrons. The summed E-state index contributed by atoms with van der Waals surface area (Å²) >= 11 is 0. The van der Waals surface area contributed by atoms with E-state index in [2.05, 4.69) is 10.2 Å². The van der Waals surface area contributed by atoms with E-state index in [0.717, 1.165) is 31.9 Å². The summed E-state index contributed by atoms with van der Waals surface area (Å²) < 4.78 is 26.0. The number of hydrogen-bond donors (Lipinski definition) is 2. The predicted molar refractivity (Wildman–Crippen MR) is 93.8 cm³/mol. The summed E-state index contributed by atoms with van der Waals surface area (Å²) in [6.45, 7) is 5.19. The number of nitrogens with zero attached hydrogens (tertiary/aromatic N) is 1. The first kappa shape index (κ1) is 17.4. The van der Waals surface area contributed by atoms with E-state index in [0.29, 0.717) is 5.69 Å². The van der Waals surface area contributed by atoms with Crippen molar-refractivity contribution in [1.82, 2.24) is 0 Å². The van der Waals surface area contributed by atoms with Gasteiger partial charge in [-0.3, -0.25) is 4.79 Å². The molecule has 25 heavy (non-hydrogen) atoms. The number of nitrogens with one attached hydrogen (secondary N) is 2. The number of carbonyl (C=O) groups is 1. The SMILES string of the molecule is C[C@H](C(=O)Nc1ccc(F)cc1)[NH+]1CCN(c2ccc(F)cc2)CC1. The van der Waals surface area contributed by atoms with Crippen LogP contribution in [0.25, 0.3) is 0 Å². The van der Waals surface area contributed by atoms with Crippen molar-refractivity contribution in [1.29, 1.82) is 0 Å². The van der Waals surface area contributed by atoms with Gasteiger partial charge in [0, 0.05) is 11.4 Å². The second kappa shape index (κ2) is 7.61. The van der Waals surface area contributed by atoms with E-state index in [-0.39, 0.29) is 23.6 Å². The largest absolute Gasteiger partial charge is 0.360 e. The highest BCUT2D eigenvalue weighted by atomic mass is 19.1. The molecule has 1 aliphatic rings. The molecular weight excluding hydrogens is 324 g/mol. The summed E-state index contributed by atoms with van der Waals surface area (Å²) in [6.07, 6.45) is 0. The summed E-state index contributed by atoms with van der Waals surface area (Å²) in [6, 6.07) is 12.1. The second-order valence-electron chi connectivity index (χ2n) is 6.34. The molecule has 0 aromatic heterocycles. The molecule has 2 aromatic carbocycles. The third-order valence-corrected chi connectivity index (χ3v) is 4.71. The first-order valence-corrected chi connectivity index (χ1v) is 8.44. The maximum atomic E-state index is 13.0. The third kappa shape index (κ3) is 4.33. The van der Waals surface area contributed by atoms with Gasteiger partial charge in [0.15, 0.2) is 6.04 Å². The highest BCUT2D eigenvalue weighted by Gasteiger charge is 2.29. The van der Waals surface area contributed by atoms with Gasteiger partial charge in [-0.15, -0.1) is 0 Å². The molecule has 0 spiro atoms. The molecule has 0 saturated carbocycles. The second-order valence-corrected chi connectivity index (χ2v) is 6.34. The van der Waals surface area contributed by atoms with E-state index in [1.807, 2.05) is 6.92 Å². The summed E-state index contributed by atoms with van der Waals surface area (Å²) in [4.78, 5) is 15.8. The van der Waals surface area contributed by atoms with Gasteiger partial charge in [-0.25, -0.2) is 8.78 Å². The smallest absolute Gasteiger partial charge is 0.282 e. The lowest BCUT2D eigenvalue weighted by atomic mass is 10.2. The number of anilines is 2. The molecule has 2 aromatic rings. The van der Waals surface area contributed by atoms with Gasteiger partial charge in [0.05, 0.1) is 26.2 Å². The molecule has 3 rings (SSSR count). The van der Waals surface area contributed by atoms with Crippen LogP contribution in [0, 0.1) is 11.6 Å². The molecule has 6 heteroatoms. The van der Waals surface area contributed by atoms with Crippen LogP contribution in [-0.4, -0.2) is 38.1 Å². The number of halogens is 2. The number of rotatable bonds is 4. The number of quaternary nitrogens is 1. The minimum absolute atomic E-state index is 0.0724. The number of carbonyl (C=O) groups excluding carboxylic acids is 1. The Morgan fingerprint density at radius 2 is 1.52 bits per heavy atom. The monoisotopic (exact) mass is 346 g/mol. The molecular formula is C19H22F2N3O+. The average Bonchev–Trinajstić information content (AvgIpc) is 2.64. The van der Waals surface area contributed by atoms with Crippen molar-refractivity contribution in [2.24, 2.45) is 0 Å². The van der Waals surface area contributed by atoms with Crippen LogP contribution in [-0.2, 0) is 4.79 Å². The molecule has 0 aliphatic carbocycles. The highest BCUT2D eigenvalue weighted by Crippen LogP contribution is 2.14. The zero-order valence-electron chi connectivity index (χ0n) is 14.1. The average molecular weight is 346 g/mol. The zero-order chi connectivity index (χ0) is 17.8. The lowest BCUT2D eigenvalue weighted by molar-refractivity contribution is -0.914. The van der Waals surface area contributed by atoms with Crippen molar-refractivity contribution >= 4 is 17.3 Å². The van der Waals surface area contributed by atoms with Crippen LogP contribution in [0.1, 0.15) is 6.92 Å². The van der Waals surface area contributed by atoms with Crippen LogP contribution in [0.4, 0.5) is 20.2 Å². The Balaban J connectivity index is 1.53. The van der Waals surface area contributed by atoms with Crippen molar-refractivity contribution < 1.29 is 18.5 Å². The normalized spacial score (nSPS) is 16.5. The van der Waals surface area contributed by atoms with Gasteiger partial charge in [-0.05, 0) is 55.5 Å². The Morgan fingerprint density at radius 3 is 2.08 bits per heavy atom. The fourth-order valence-corrected chi connectivity index (χ4v) is 3.11. The van der Waals surface area contributed by atoms with E-state index in [9.17, 15) is 13.6 Å². The Kier molecular flexibility index (Phi) is 5.28. The van der Waals surface area contributed by atoms with Gasteiger partial charge >= 0.3 is 0 Å². The van der Waals surface area contributed by atoms with Crippen molar-refractivity contribution in [3.8, 4) is 0 Å². The quantitative estimate of drug-likeness (QED) is 0.884. The van der Waals surface area contributed by atoms with Gasteiger partial charge in [-0.2, -0.15) is 0 Å². The maximum Gasteiger partial charge on any atom is 0.282 e. The molecule has 0 radical (unpaired) electrons. The van der Waals surface area contributed by atoms with E-state index in [4.69, 9.17) is 0 Å². The molecule has 1 aliphatic heterocycles. The van der Waals surface area contributed by atoms with Crippen molar-refractivity contribution in [2.75, 3.05) is 36.4 Å². The minimum Gasteiger partial charge on any atom is -0.360 e. The molecule has 4 nitrogen and oxygen atoms in total. The van der Waals surface area contributed by atoms with Crippen molar-refractivity contribution in [3.63, 3.8) is 0 Å². The summed E-state index contributed by atoms with van der Waals surface area (Å²) in [7, 11) is 0. The molecule has 1 saturated heterocycles. The maximum absolute atomic E-state index is 13.0. The number of benzene rings is 2. The third-order valence-electron chi connectivity index (χ3n) is 4.71. The predicted octanol–water partition coefficient (Wildman–Crippen LogP) is 1.70. The van der Waals surface area contributed by atoms with Crippen LogP contribution >= 0.6 is 0 Å². The van der Waals surface area contributed by atoms with E-state index >= 15 is 0 Å². The van der Waals surface area contributed by atoms with Crippen LogP contribution in [0.5, 0.6) is 0 Å². The Labute approximate surface area is 146 Å². The van der Waals surface area contributed by atoms with E-state index in [1.165, 1.54) is 29.2 Å². The number of amides is 1. The number of piperazine rings is 1. The van der Waals surface area contributed by atoms with Crippen molar-refractivity contribution in [3.05, 3.63) is 60.2 Å². The van der Waals surface area contributed by atoms with Gasteiger partial charge in [0.25, 0.3) is 5.91 Å². The molecule has 0 bridgehead atoms. The summed E-state index contributed by atoms with van der Waals surface area (Å²) in [5, 5.41) is 2.83. The summed E-state index contributed by atoms with van der Waals surface area (Å²) in [5.74, 6) is -0.635. The van der Waals surface area contributed by atoms with Crippen LogP contribution in [0.3, 0.4) is 0 Å².